The first kappa shape index (κ1) is 15.3. The second kappa shape index (κ2) is 7.67. The van der Waals surface area contributed by atoms with Gasteiger partial charge in [-0.15, -0.1) is 0 Å². The molecule has 1 rings (SSSR count). The van der Waals surface area contributed by atoms with Crippen LogP contribution in [-0.2, 0) is 9.59 Å². The van der Waals surface area contributed by atoms with Gasteiger partial charge in [-0.25, -0.2) is 0 Å². The molecule has 0 spiro atoms. The zero-order valence-corrected chi connectivity index (χ0v) is 12.0. The molecule has 1 fully saturated rings. The zero-order chi connectivity index (χ0) is 13.5. The van der Waals surface area contributed by atoms with E-state index in [1.807, 2.05) is 18.1 Å². The van der Waals surface area contributed by atoms with Gasteiger partial charge >= 0.3 is 5.97 Å². The van der Waals surface area contributed by atoms with Crippen LogP contribution in [0.25, 0.3) is 0 Å². The van der Waals surface area contributed by atoms with E-state index in [4.69, 9.17) is 5.11 Å². The van der Waals surface area contributed by atoms with Crippen LogP contribution >= 0.6 is 11.8 Å². The Morgan fingerprint density at radius 2 is 2.17 bits per heavy atom. The number of thioether (sulfide) groups is 1. The van der Waals surface area contributed by atoms with Crippen LogP contribution in [0.1, 0.15) is 39.0 Å². The fraction of sp³-hybridized carbons (Fsp3) is 0.846. The van der Waals surface area contributed by atoms with Crippen LogP contribution in [0, 0.1) is 5.92 Å². The highest BCUT2D eigenvalue weighted by molar-refractivity contribution is 7.98. The maximum Gasteiger partial charge on any atom is 0.303 e. The predicted octanol–water partition coefficient (Wildman–Crippen LogP) is 2.23. The number of carboxylic acid groups (broad SMARTS) is 1. The number of nitrogens with zero attached hydrogens (tertiary/aromatic N) is 1. The number of piperidine rings is 1. The maximum absolute atomic E-state index is 12.3. The molecule has 0 radical (unpaired) electrons. The predicted molar refractivity (Wildman–Crippen MR) is 73.8 cm³/mol. The average Bonchev–Trinajstić information content (AvgIpc) is 2.36. The molecule has 1 aliphatic rings. The van der Waals surface area contributed by atoms with E-state index in [-0.39, 0.29) is 24.3 Å². The van der Waals surface area contributed by atoms with E-state index in [1.54, 1.807) is 11.8 Å². The Balaban J connectivity index is 2.57. The Morgan fingerprint density at radius 3 is 2.78 bits per heavy atom. The summed E-state index contributed by atoms with van der Waals surface area (Å²) in [5.41, 5.74) is 0. The largest absolute Gasteiger partial charge is 0.481 e. The molecular weight excluding hydrogens is 250 g/mol. The highest BCUT2D eigenvalue weighted by atomic mass is 32.2. The van der Waals surface area contributed by atoms with Crippen LogP contribution in [0.15, 0.2) is 0 Å². The van der Waals surface area contributed by atoms with Crippen molar-refractivity contribution < 1.29 is 14.7 Å². The topological polar surface area (TPSA) is 57.6 Å². The third-order valence-electron chi connectivity index (χ3n) is 3.44. The molecule has 1 N–H and O–H groups in total. The highest BCUT2D eigenvalue weighted by Gasteiger charge is 2.29. The molecule has 1 aliphatic heterocycles. The minimum absolute atomic E-state index is 0.0328. The average molecular weight is 273 g/mol. The van der Waals surface area contributed by atoms with Crippen molar-refractivity contribution in [1.29, 1.82) is 0 Å². The summed E-state index contributed by atoms with van der Waals surface area (Å²) >= 11 is 1.68. The van der Waals surface area contributed by atoms with Crippen LogP contribution in [0.2, 0.25) is 0 Å². The first-order chi connectivity index (χ1) is 8.56. The quantitative estimate of drug-likeness (QED) is 0.806. The summed E-state index contributed by atoms with van der Waals surface area (Å²) in [6.45, 7) is 2.75. The van der Waals surface area contributed by atoms with Crippen LogP contribution < -0.4 is 0 Å². The van der Waals surface area contributed by atoms with Gasteiger partial charge in [-0.05, 0) is 31.9 Å². The number of hydrogen-bond acceptors (Lipinski definition) is 3. The summed E-state index contributed by atoms with van der Waals surface area (Å²) in [5, 5.41) is 8.76. The molecule has 0 saturated carbocycles. The summed E-state index contributed by atoms with van der Waals surface area (Å²) in [7, 11) is 0. The van der Waals surface area contributed by atoms with E-state index in [0.717, 1.165) is 31.6 Å². The standard InChI is InChI=1S/C13H23NO3S/c1-10(9-18-2)13(17)14-8-4-3-5-11(14)6-7-12(15)16/h10-11H,3-9H2,1-2H3,(H,15,16)/t10-,11-/m0/s1. The van der Waals surface area contributed by atoms with Gasteiger partial charge in [-0.2, -0.15) is 11.8 Å². The SMILES string of the molecule is CSC[C@H](C)C(=O)N1CCCC[C@H]1CCC(=O)O. The summed E-state index contributed by atoms with van der Waals surface area (Å²) in [6.07, 6.45) is 5.84. The Hall–Kier alpha value is -0.710. The van der Waals surface area contributed by atoms with Crippen molar-refractivity contribution >= 4 is 23.6 Å². The fourth-order valence-corrected chi connectivity index (χ4v) is 3.13. The summed E-state index contributed by atoms with van der Waals surface area (Å²) in [5.74, 6) is 0.288. The van der Waals surface area contributed by atoms with Gasteiger partial charge in [0.1, 0.15) is 0 Å². The Bertz CT molecular complexity index is 296. The number of carbonyl (C=O) groups excluding carboxylic acids is 1. The second-order valence-corrected chi connectivity index (χ2v) is 5.88. The molecule has 104 valence electrons. The van der Waals surface area contributed by atoms with Crippen LogP contribution in [0.5, 0.6) is 0 Å². The van der Waals surface area contributed by atoms with Gasteiger partial charge in [-0.3, -0.25) is 9.59 Å². The van der Waals surface area contributed by atoms with Gasteiger partial charge in [0.2, 0.25) is 5.91 Å². The number of hydrogen-bond donors (Lipinski definition) is 1. The number of aliphatic carboxylic acids is 1. The van der Waals surface area contributed by atoms with Crippen molar-refractivity contribution in [2.24, 2.45) is 5.92 Å². The molecule has 0 unspecified atom stereocenters. The molecule has 0 aromatic heterocycles. The van der Waals surface area contributed by atoms with Gasteiger partial charge in [-0.1, -0.05) is 6.92 Å². The Labute approximate surface area is 113 Å². The lowest BCUT2D eigenvalue weighted by Gasteiger charge is -2.37. The molecule has 0 aromatic rings. The van der Waals surface area contributed by atoms with E-state index < -0.39 is 5.97 Å². The van der Waals surface area contributed by atoms with Crippen molar-refractivity contribution in [2.45, 2.75) is 45.1 Å². The number of carboxylic acids is 1. The van der Waals surface area contributed by atoms with Gasteiger partial charge in [0.05, 0.1) is 0 Å². The zero-order valence-electron chi connectivity index (χ0n) is 11.2. The molecule has 0 aromatic carbocycles. The van der Waals surface area contributed by atoms with Crippen molar-refractivity contribution in [3.05, 3.63) is 0 Å². The number of rotatable bonds is 6. The molecule has 4 nitrogen and oxygen atoms in total. The van der Waals surface area contributed by atoms with E-state index in [0.29, 0.717) is 6.42 Å². The minimum Gasteiger partial charge on any atom is -0.481 e. The van der Waals surface area contributed by atoms with Crippen LogP contribution in [-0.4, -0.2) is 46.5 Å². The van der Waals surface area contributed by atoms with Crippen molar-refractivity contribution in [3.8, 4) is 0 Å². The number of carbonyl (C=O) groups is 2. The molecule has 18 heavy (non-hydrogen) atoms. The lowest BCUT2D eigenvalue weighted by atomic mass is 9.96. The van der Waals surface area contributed by atoms with Gasteiger partial charge < -0.3 is 10.0 Å². The number of likely N-dealkylation sites (tertiary alicyclic amines) is 1. The highest BCUT2D eigenvalue weighted by Crippen LogP contribution is 2.23. The first-order valence-corrected chi connectivity index (χ1v) is 7.96. The lowest BCUT2D eigenvalue weighted by molar-refractivity contribution is -0.141. The fourth-order valence-electron chi connectivity index (χ4n) is 2.49. The van der Waals surface area contributed by atoms with Crippen molar-refractivity contribution in [1.82, 2.24) is 4.90 Å². The normalized spacial score (nSPS) is 21.7. The monoisotopic (exact) mass is 273 g/mol. The van der Waals surface area contributed by atoms with Gasteiger partial charge in [0.25, 0.3) is 0 Å². The molecule has 0 bridgehead atoms. The molecule has 1 saturated heterocycles. The molecule has 2 atom stereocenters. The summed E-state index contributed by atoms with van der Waals surface area (Å²) in [6, 6.07) is 0.131. The second-order valence-electron chi connectivity index (χ2n) is 4.97. The van der Waals surface area contributed by atoms with Gasteiger partial charge in [0.15, 0.2) is 0 Å². The molecule has 0 aliphatic carbocycles. The smallest absolute Gasteiger partial charge is 0.303 e. The molecule has 1 amide bonds. The van der Waals surface area contributed by atoms with E-state index >= 15 is 0 Å². The van der Waals surface area contributed by atoms with E-state index in [2.05, 4.69) is 0 Å². The number of amides is 1. The maximum atomic E-state index is 12.3. The van der Waals surface area contributed by atoms with E-state index in [9.17, 15) is 9.59 Å². The first-order valence-electron chi connectivity index (χ1n) is 6.57. The molecule has 5 heteroatoms. The summed E-state index contributed by atoms with van der Waals surface area (Å²) in [4.78, 5) is 24.9. The van der Waals surface area contributed by atoms with Crippen molar-refractivity contribution in [2.75, 3.05) is 18.6 Å². The molecular formula is C13H23NO3S. The van der Waals surface area contributed by atoms with Gasteiger partial charge in [0, 0.05) is 30.7 Å². The lowest BCUT2D eigenvalue weighted by Crippen LogP contribution is -2.46. The van der Waals surface area contributed by atoms with E-state index in [1.165, 1.54) is 0 Å². The minimum atomic E-state index is -0.773. The molecule has 1 heterocycles. The third kappa shape index (κ3) is 4.52. The Morgan fingerprint density at radius 1 is 1.44 bits per heavy atom. The Kier molecular flexibility index (Phi) is 6.54. The van der Waals surface area contributed by atoms with Crippen molar-refractivity contribution in [3.63, 3.8) is 0 Å². The summed E-state index contributed by atoms with van der Waals surface area (Å²) < 4.78 is 0. The van der Waals surface area contributed by atoms with Crippen LogP contribution in [0.3, 0.4) is 0 Å². The van der Waals surface area contributed by atoms with Crippen LogP contribution in [0.4, 0.5) is 0 Å². The third-order valence-corrected chi connectivity index (χ3v) is 4.27.